The summed E-state index contributed by atoms with van der Waals surface area (Å²) in [6, 6.07) is 8.34. The molecule has 3 fully saturated rings. The molecule has 4 rings (SSSR count). The molecule has 26 heavy (non-hydrogen) atoms. The van der Waals surface area contributed by atoms with E-state index in [0.29, 0.717) is 5.92 Å². The molecule has 1 aromatic carbocycles. The van der Waals surface area contributed by atoms with Crippen LogP contribution >= 0.6 is 0 Å². The van der Waals surface area contributed by atoms with Gasteiger partial charge in [-0.05, 0) is 74.7 Å². The number of piperidine rings is 1. The molecule has 5 nitrogen and oxygen atoms in total. The van der Waals surface area contributed by atoms with Gasteiger partial charge in [-0.1, -0.05) is 12.1 Å². The van der Waals surface area contributed by atoms with Crippen LogP contribution in [0.5, 0.6) is 5.75 Å². The third-order valence-electron chi connectivity index (χ3n) is 6.22. The number of amides is 2. The largest absolute Gasteiger partial charge is 0.497 e. The van der Waals surface area contributed by atoms with Gasteiger partial charge in [-0.2, -0.15) is 0 Å². The van der Waals surface area contributed by atoms with Gasteiger partial charge in [0.05, 0.1) is 13.2 Å². The SMILES string of the molecule is COc1cccc(C2CCN2C(=O)NCC2CCN(CC3CC3)CC2)c1. The molecule has 2 saturated heterocycles. The molecule has 1 aromatic rings. The zero-order valence-corrected chi connectivity index (χ0v) is 15.8. The molecule has 0 radical (unpaired) electrons. The predicted octanol–water partition coefficient (Wildman–Crippen LogP) is 3.27. The van der Waals surface area contributed by atoms with Crippen molar-refractivity contribution in [1.82, 2.24) is 15.1 Å². The summed E-state index contributed by atoms with van der Waals surface area (Å²) in [5.74, 6) is 2.46. The van der Waals surface area contributed by atoms with Gasteiger partial charge >= 0.3 is 6.03 Å². The molecule has 1 unspecified atom stereocenters. The van der Waals surface area contributed by atoms with E-state index >= 15 is 0 Å². The number of nitrogens with one attached hydrogen (secondary N) is 1. The van der Waals surface area contributed by atoms with Gasteiger partial charge in [0, 0.05) is 19.6 Å². The normalized spacial score (nSPS) is 24.2. The Labute approximate surface area is 156 Å². The van der Waals surface area contributed by atoms with Crippen molar-refractivity contribution in [2.45, 2.75) is 38.1 Å². The van der Waals surface area contributed by atoms with Crippen LogP contribution < -0.4 is 10.1 Å². The lowest BCUT2D eigenvalue weighted by atomic mass is 9.94. The molecule has 1 saturated carbocycles. The van der Waals surface area contributed by atoms with Crippen molar-refractivity contribution in [3.8, 4) is 5.75 Å². The van der Waals surface area contributed by atoms with Gasteiger partial charge in [0.1, 0.15) is 5.75 Å². The molecule has 2 amide bonds. The topological polar surface area (TPSA) is 44.8 Å². The number of urea groups is 1. The second-order valence-corrected chi connectivity index (χ2v) is 8.15. The molecular weight excluding hydrogens is 326 g/mol. The smallest absolute Gasteiger partial charge is 0.317 e. The average molecular weight is 357 g/mol. The molecule has 0 spiro atoms. The first-order chi connectivity index (χ1) is 12.7. The van der Waals surface area contributed by atoms with E-state index in [-0.39, 0.29) is 12.1 Å². The van der Waals surface area contributed by atoms with Gasteiger partial charge in [-0.3, -0.25) is 0 Å². The molecule has 1 N–H and O–H groups in total. The number of hydrogen-bond donors (Lipinski definition) is 1. The summed E-state index contributed by atoms with van der Waals surface area (Å²) in [5.41, 5.74) is 1.17. The molecule has 2 aliphatic heterocycles. The first-order valence-corrected chi connectivity index (χ1v) is 10.1. The number of carbonyl (C=O) groups excluding carboxylic acids is 1. The maximum atomic E-state index is 12.6. The van der Waals surface area contributed by atoms with E-state index in [1.807, 2.05) is 23.1 Å². The van der Waals surface area contributed by atoms with Crippen LogP contribution in [0.2, 0.25) is 0 Å². The van der Waals surface area contributed by atoms with Crippen LogP contribution in [0, 0.1) is 11.8 Å². The molecule has 0 bridgehead atoms. The van der Waals surface area contributed by atoms with Crippen LogP contribution in [0.15, 0.2) is 24.3 Å². The summed E-state index contributed by atoms with van der Waals surface area (Å²) in [6.07, 6.45) is 6.32. The number of rotatable bonds is 6. The zero-order valence-electron chi connectivity index (χ0n) is 15.8. The summed E-state index contributed by atoms with van der Waals surface area (Å²) in [6.45, 7) is 5.36. The first kappa shape index (κ1) is 17.7. The Hall–Kier alpha value is -1.75. The van der Waals surface area contributed by atoms with Gasteiger partial charge in [0.2, 0.25) is 0 Å². The van der Waals surface area contributed by atoms with Crippen LogP contribution in [0.25, 0.3) is 0 Å². The van der Waals surface area contributed by atoms with E-state index in [9.17, 15) is 4.79 Å². The lowest BCUT2D eigenvalue weighted by Gasteiger charge is -2.41. The fraction of sp³-hybridized carbons (Fsp3) is 0.667. The second kappa shape index (κ2) is 7.87. The molecule has 2 heterocycles. The van der Waals surface area contributed by atoms with Crippen molar-refractivity contribution in [1.29, 1.82) is 0 Å². The molecular formula is C21H31N3O2. The van der Waals surface area contributed by atoms with Crippen LogP contribution in [-0.4, -0.2) is 55.7 Å². The highest BCUT2D eigenvalue weighted by atomic mass is 16.5. The monoisotopic (exact) mass is 357 g/mol. The van der Waals surface area contributed by atoms with Crippen LogP contribution in [0.4, 0.5) is 4.79 Å². The van der Waals surface area contributed by atoms with Crippen molar-refractivity contribution in [3.05, 3.63) is 29.8 Å². The zero-order chi connectivity index (χ0) is 17.9. The summed E-state index contributed by atoms with van der Waals surface area (Å²) < 4.78 is 5.31. The number of methoxy groups -OCH3 is 1. The van der Waals surface area contributed by atoms with Crippen molar-refractivity contribution < 1.29 is 9.53 Å². The highest BCUT2D eigenvalue weighted by Gasteiger charge is 2.34. The number of nitrogens with zero attached hydrogens (tertiary/aromatic N) is 2. The van der Waals surface area contributed by atoms with E-state index in [4.69, 9.17) is 4.74 Å². The summed E-state index contributed by atoms with van der Waals surface area (Å²) in [7, 11) is 1.68. The fourth-order valence-electron chi connectivity index (χ4n) is 4.20. The van der Waals surface area contributed by atoms with Gasteiger partial charge in [-0.15, -0.1) is 0 Å². The van der Waals surface area contributed by atoms with Gasteiger partial charge < -0.3 is 19.9 Å². The number of carbonyl (C=O) groups is 1. The third kappa shape index (κ3) is 4.14. The maximum Gasteiger partial charge on any atom is 0.317 e. The Morgan fingerprint density at radius 2 is 1.92 bits per heavy atom. The Morgan fingerprint density at radius 3 is 2.58 bits per heavy atom. The Bertz CT molecular complexity index is 623. The number of hydrogen-bond acceptors (Lipinski definition) is 3. The molecule has 142 valence electrons. The predicted molar refractivity (Wildman–Crippen MR) is 102 cm³/mol. The molecule has 1 aliphatic carbocycles. The Morgan fingerprint density at radius 1 is 1.12 bits per heavy atom. The molecule has 1 atom stereocenters. The van der Waals surface area contributed by atoms with E-state index < -0.39 is 0 Å². The number of benzene rings is 1. The Balaban J connectivity index is 1.22. The average Bonchev–Trinajstić information content (AvgIpc) is 3.44. The standard InChI is InChI=1S/C21H31N3O2/c1-26-19-4-2-3-18(13-19)20-9-12-24(20)21(25)22-14-16-7-10-23(11-8-16)15-17-5-6-17/h2-4,13,16-17,20H,5-12,14-15H2,1H3,(H,22,25). The van der Waals surface area contributed by atoms with E-state index in [2.05, 4.69) is 16.3 Å². The lowest BCUT2D eigenvalue weighted by molar-refractivity contribution is 0.111. The number of likely N-dealkylation sites (tertiary alicyclic amines) is 2. The van der Waals surface area contributed by atoms with Crippen molar-refractivity contribution in [2.24, 2.45) is 11.8 Å². The second-order valence-electron chi connectivity index (χ2n) is 8.15. The highest BCUT2D eigenvalue weighted by Crippen LogP contribution is 2.35. The maximum absolute atomic E-state index is 12.6. The molecule has 0 aromatic heterocycles. The first-order valence-electron chi connectivity index (χ1n) is 10.1. The van der Waals surface area contributed by atoms with E-state index in [0.717, 1.165) is 31.2 Å². The van der Waals surface area contributed by atoms with Crippen LogP contribution in [0.1, 0.15) is 43.7 Å². The number of ether oxygens (including phenoxy) is 1. The summed E-state index contributed by atoms with van der Waals surface area (Å²) in [4.78, 5) is 17.2. The van der Waals surface area contributed by atoms with Crippen molar-refractivity contribution >= 4 is 6.03 Å². The van der Waals surface area contributed by atoms with E-state index in [1.54, 1.807) is 7.11 Å². The van der Waals surface area contributed by atoms with Crippen LogP contribution in [-0.2, 0) is 0 Å². The van der Waals surface area contributed by atoms with Crippen molar-refractivity contribution in [3.63, 3.8) is 0 Å². The van der Waals surface area contributed by atoms with E-state index in [1.165, 1.54) is 50.9 Å². The van der Waals surface area contributed by atoms with Gasteiger partial charge in [0.25, 0.3) is 0 Å². The van der Waals surface area contributed by atoms with Crippen molar-refractivity contribution in [2.75, 3.05) is 39.8 Å². The lowest BCUT2D eigenvalue weighted by Crippen LogP contribution is -2.51. The van der Waals surface area contributed by atoms with Gasteiger partial charge in [0.15, 0.2) is 0 Å². The summed E-state index contributed by atoms with van der Waals surface area (Å²) in [5, 5.41) is 3.19. The third-order valence-corrected chi connectivity index (χ3v) is 6.22. The minimum Gasteiger partial charge on any atom is -0.497 e. The van der Waals surface area contributed by atoms with Crippen LogP contribution in [0.3, 0.4) is 0 Å². The fourth-order valence-corrected chi connectivity index (χ4v) is 4.20. The summed E-state index contributed by atoms with van der Waals surface area (Å²) >= 11 is 0. The Kier molecular flexibility index (Phi) is 5.34. The minimum atomic E-state index is 0.0875. The molecule has 3 aliphatic rings. The van der Waals surface area contributed by atoms with Gasteiger partial charge in [-0.25, -0.2) is 4.79 Å². The highest BCUT2D eigenvalue weighted by molar-refractivity contribution is 5.75. The molecule has 5 heteroatoms. The quantitative estimate of drug-likeness (QED) is 0.850. The minimum absolute atomic E-state index is 0.0875.